The number of guanidine groups is 1. The summed E-state index contributed by atoms with van der Waals surface area (Å²) in [7, 11) is 3.42. The van der Waals surface area contributed by atoms with E-state index in [1.807, 2.05) is 16.9 Å². The highest BCUT2D eigenvalue weighted by Crippen LogP contribution is 1.82. The molecule has 0 radical (unpaired) electrons. The first-order valence-corrected chi connectivity index (χ1v) is 5.27. The summed E-state index contributed by atoms with van der Waals surface area (Å²) >= 11 is 0. The van der Waals surface area contributed by atoms with Crippen LogP contribution >= 0.6 is 0 Å². The molecule has 6 heteroatoms. The fourth-order valence-corrected chi connectivity index (χ4v) is 1.21. The zero-order valence-electron chi connectivity index (χ0n) is 9.81. The molecular weight excluding hydrogens is 206 g/mol. The van der Waals surface area contributed by atoms with Crippen LogP contribution in [-0.4, -0.2) is 49.6 Å². The van der Waals surface area contributed by atoms with Crippen molar-refractivity contribution in [1.82, 2.24) is 20.4 Å². The number of methoxy groups -OCH3 is 1. The molecule has 2 N–H and O–H groups in total. The second-order valence-corrected chi connectivity index (χ2v) is 3.19. The quantitative estimate of drug-likeness (QED) is 0.396. The largest absolute Gasteiger partial charge is 0.383 e. The summed E-state index contributed by atoms with van der Waals surface area (Å²) in [5, 5.41) is 10.4. The van der Waals surface area contributed by atoms with Crippen LogP contribution in [0.25, 0.3) is 0 Å². The molecule has 1 heterocycles. The summed E-state index contributed by atoms with van der Waals surface area (Å²) < 4.78 is 6.81. The van der Waals surface area contributed by atoms with E-state index in [9.17, 15) is 0 Å². The molecule has 0 aromatic carbocycles. The standard InChI is InChI=1S/C10H19N5O/c1-11-10(13-6-9-16-2)12-5-8-15-7-3-4-14-15/h3-4,7H,5-6,8-9H2,1-2H3,(H2,11,12,13). The number of ether oxygens (including phenoxy) is 1. The van der Waals surface area contributed by atoms with Gasteiger partial charge in [-0.2, -0.15) is 5.10 Å². The Balaban J connectivity index is 2.14. The number of nitrogens with zero attached hydrogens (tertiary/aromatic N) is 3. The van der Waals surface area contributed by atoms with E-state index in [4.69, 9.17) is 4.74 Å². The fraction of sp³-hybridized carbons (Fsp3) is 0.600. The van der Waals surface area contributed by atoms with Crippen molar-refractivity contribution in [2.45, 2.75) is 6.54 Å². The molecule has 0 bridgehead atoms. The molecule has 16 heavy (non-hydrogen) atoms. The zero-order chi connectivity index (χ0) is 11.6. The van der Waals surface area contributed by atoms with Gasteiger partial charge < -0.3 is 15.4 Å². The average molecular weight is 225 g/mol. The second kappa shape index (κ2) is 7.70. The van der Waals surface area contributed by atoms with Crippen molar-refractivity contribution in [2.24, 2.45) is 4.99 Å². The van der Waals surface area contributed by atoms with Crippen LogP contribution < -0.4 is 10.6 Å². The van der Waals surface area contributed by atoms with Gasteiger partial charge in [-0.15, -0.1) is 0 Å². The summed E-state index contributed by atoms with van der Waals surface area (Å²) in [6.07, 6.45) is 3.70. The molecule has 0 unspecified atom stereocenters. The zero-order valence-corrected chi connectivity index (χ0v) is 9.81. The molecule has 0 aliphatic heterocycles. The molecule has 1 rings (SSSR count). The van der Waals surface area contributed by atoms with Crippen molar-refractivity contribution in [2.75, 3.05) is 33.9 Å². The van der Waals surface area contributed by atoms with Crippen LogP contribution in [0.4, 0.5) is 0 Å². The second-order valence-electron chi connectivity index (χ2n) is 3.19. The smallest absolute Gasteiger partial charge is 0.191 e. The third-order valence-corrected chi connectivity index (χ3v) is 2.01. The van der Waals surface area contributed by atoms with Crippen LogP contribution in [0, 0.1) is 0 Å². The molecule has 90 valence electrons. The van der Waals surface area contributed by atoms with E-state index in [-0.39, 0.29) is 0 Å². The molecular formula is C10H19N5O. The van der Waals surface area contributed by atoms with Crippen LogP contribution in [0.2, 0.25) is 0 Å². The minimum absolute atomic E-state index is 0.667. The molecule has 0 aliphatic carbocycles. The van der Waals surface area contributed by atoms with Gasteiger partial charge in [0, 0.05) is 39.6 Å². The lowest BCUT2D eigenvalue weighted by Gasteiger charge is -2.11. The molecule has 0 fully saturated rings. The molecule has 0 saturated carbocycles. The molecule has 0 spiro atoms. The number of hydrogen-bond acceptors (Lipinski definition) is 3. The van der Waals surface area contributed by atoms with Gasteiger partial charge in [-0.1, -0.05) is 0 Å². The van der Waals surface area contributed by atoms with Crippen molar-refractivity contribution < 1.29 is 4.74 Å². The number of hydrogen-bond donors (Lipinski definition) is 2. The topological polar surface area (TPSA) is 63.5 Å². The first-order valence-electron chi connectivity index (χ1n) is 5.27. The first kappa shape index (κ1) is 12.5. The van der Waals surface area contributed by atoms with Gasteiger partial charge in [0.05, 0.1) is 13.2 Å². The Morgan fingerprint density at radius 1 is 1.44 bits per heavy atom. The van der Waals surface area contributed by atoms with Gasteiger partial charge in [0.1, 0.15) is 0 Å². The van der Waals surface area contributed by atoms with Crippen LogP contribution in [0.5, 0.6) is 0 Å². The van der Waals surface area contributed by atoms with E-state index in [0.717, 1.165) is 25.6 Å². The molecule has 0 aliphatic rings. The molecule has 0 atom stereocenters. The van der Waals surface area contributed by atoms with Crippen molar-refractivity contribution in [1.29, 1.82) is 0 Å². The Morgan fingerprint density at radius 3 is 2.88 bits per heavy atom. The van der Waals surface area contributed by atoms with Gasteiger partial charge in [0.15, 0.2) is 5.96 Å². The van der Waals surface area contributed by atoms with Crippen LogP contribution in [0.3, 0.4) is 0 Å². The maximum Gasteiger partial charge on any atom is 0.191 e. The summed E-state index contributed by atoms with van der Waals surface area (Å²) in [5.74, 6) is 0.782. The third kappa shape index (κ3) is 4.79. The minimum Gasteiger partial charge on any atom is -0.383 e. The Morgan fingerprint density at radius 2 is 2.25 bits per heavy atom. The Labute approximate surface area is 95.7 Å². The van der Waals surface area contributed by atoms with Gasteiger partial charge in [-0.3, -0.25) is 9.67 Å². The van der Waals surface area contributed by atoms with E-state index < -0.39 is 0 Å². The van der Waals surface area contributed by atoms with Gasteiger partial charge >= 0.3 is 0 Å². The van der Waals surface area contributed by atoms with E-state index in [0.29, 0.717) is 6.61 Å². The Bertz CT molecular complexity index is 296. The van der Waals surface area contributed by atoms with Crippen molar-refractivity contribution in [3.63, 3.8) is 0 Å². The molecule has 6 nitrogen and oxygen atoms in total. The summed E-state index contributed by atoms with van der Waals surface area (Å²) in [6, 6.07) is 1.91. The lowest BCUT2D eigenvalue weighted by molar-refractivity contribution is 0.203. The maximum absolute atomic E-state index is 4.94. The predicted molar refractivity (Wildman–Crippen MR) is 63.5 cm³/mol. The summed E-state index contributed by atoms with van der Waals surface area (Å²) in [6.45, 7) is 3.02. The van der Waals surface area contributed by atoms with E-state index in [2.05, 4.69) is 20.7 Å². The number of nitrogens with one attached hydrogen (secondary N) is 2. The van der Waals surface area contributed by atoms with Gasteiger partial charge in [0.25, 0.3) is 0 Å². The lowest BCUT2D eigenvalue weighted by Crippen LogP contribution is -2.40. The molecule has 0 amide bonds. The normalized spacial score (nSPS) is 11.5. The van der Waals surface area contributed by atoms with Crippen molar-refractivity contribution >= 4 is 5.96 Å². The van der Waals surface area contributed by atoms with Crippen molar-refractivity contribution in [3.05, 3.63) is 18.5 Å². The number of rotatable bonds is 6. The van der Waals surface area contributed by atoms with Gasteiger partial charge in [-0.25, -0.2) is 0 Å². The monoisotopic (exact) mass is 225 g/mol. The molecule has 1 aromatic heterocycles. The number of aliphatic imine (C=N–C) groups is 1. The number of aromatic nitrogens is 2. The molecule has 1 aromatic rings. The Kier molecular flexibility index (Phi) is 6.02. The highest BCUT2D eigenvalue weighted by atomic mass is 16.5. The highest BCUT2D eigenvalue weighted by molar-refractivity contribution is 5.79. The van der Waals surface area contributed by atoms with E-state index in [1.165, 1.54) is 0 Å². The summed E-state index contributed by atoms with van der Waals surface area (Å²) in [5.41, 5.74) is 0. The predicted octanol–water partition coefficient (Wildman–Crippen LogP) is -0.305. The minimum atomic E-state index is 0.667. The maximum atomic E-state index is 4.94. The van der Waals surface area contributed by atoms with Gasteiger partial charge in [-0.05, 0) is 6.07 Å². The lowest BCUT2D eigenvalue weighted by atomic mass is 10.6. The SMILES string of the molecule is CN=C(NCCOC)NCCn1cccn1. The fourth-order valence-electron chi connectivity index (χ4n) is 1.21. The summed E-state index contributed by atoms with van der Waals surface area (Å²) in [4.78, 5) is 4.09. The Hall–Kier alpha value is -1.56. The highest BCUT2D eigenvalue weighted by Gasteiger charge is 1.96. The van der Waals surface area contributed by atoms with Crippen molar-refractivity contribution in [3.8, 4) is 0 Å². The van der Waals surface area contributed by atoms with Gasteiger partial charge in [0.2, 0.25) is 0 Å². The van der Waals surface area contributed by atoms with Crippen LogP contribution in [-0.2, 0) is 11.3 Å². The van der Waals surface area contributed by atoms with E-state index >= 15 is 0 Å². The average Bonchev–Trinajstić information content (AvgIpc) is 2.80. The first-order chi connectivity index (χ1) is 7.86. The van der Waals surface area contributed by atoms with Crippen LogP contribution in [0.15, 0.2) is 23.5 Å². The van der Waals surface area contributed by atoms with E-state index in [1.54, 1.807) is 20.4 Å². The van der Waals surface area contributed by atoms with Crippen LogP contribution in [0.1, 0.15) is 0 Å². The third-order valence-electron chi connectivity index (χ3n) is 2.01. The molecule has 0 saturated heterocycles.